The van der Waals surface area contributed by atoms with Crippen molar-refractivity contribution in [3.63, 3.8) is 0 Å². The number of benzene rings is 1. The number of fused-ring (bicyclic) bond motifs is 1. The summed E-state index contributed by atoms with van der Waals surface area (Å²) < 4.78 is 6.49. The highest BCUT2D eigenvalue weighted by atomic mass is 33.1. The first-order valence-corrected chi connectivity index (χ1v) is 28.0. The van der Waals surface area contributed by atoms with Crippen LogP contribution in [0.4, 0.5) is 5.69 Å². The van der Waals surface area contributed by atoms with Crippen molar-refractivity contribution in [2.45, 2.75) is 157 Å². The molecular weight excluding hydrogens is 919 g/mol. The normalized spacial score (nSPS) is 50.1. The molecule has 6 aliphatic carbocycles. The predicted molar refractivity (Wildman–Crippen MR) is 260 cm³/mol. The van der Waals surface area contributed by atoms with E-state index >= 15 is 9.59 Å². The molecule has 2 saturated heterocycles. The third kappa shape index (κ3) is 6.32. The molecule has 6 fully saturated rings. The highest BCUT2D eigenvalue weighted by Crippen LogP contribution is 2.77. The van der Waals surface area contributed by atoms with Crippen molar-refractivity contribution in [3.8, 4) is 17.6 Å². The number of allylic oxidation sites excluding steroid dienone is 2. The van der Waals surface area contributed by atoms with Gasteiger partial charge in [-0.1, -0.05) is 73.8 Å². The summed E-state index contributed by atoms with van der Waals surface area (Å²) in [4.78, 5) is 33.2. The number of ether oxygens (including phenoxy) is 1. The summed E-state index contributed by atoms with van der Waals surface area (Å²) in [6, 6.07) is 5.21. The summed E-state index contributed by atoms with van der Waals surface area (Å²) in [7, 11) is 2.21. The number of ketones is 1. The van der Waals surface area contributed by atoms with Gasteiger partial charge in [-0.2, -0.15) is 0 Å². The van der Waals surface area contributed by atoms with Gasteiger partial charge in [0.2, 0.25) is 5.91 Å². The molecule has 69 heavy (non-hydrogen) atoms. The molecule has 12 aliphatic rings. The summed E-state index contributed by atoms with van der Waals surface area (Å²) >= 11 is 0. The number of amides is 1. The average Bonchev–Trinajstić information content (AvgIpc) is 3.99. The smallest absolute Gasteiger partial charge is 0.233 e. The van der Waals surface area contributed by atoms with Gasteiger partial charge < -0.3 is 55.6 Å². The Morgan fingerprint density at radius 2 is 1.77 bits per heavy atom. The van der Waals surface area contributed by atoms with Gasteiger partial charge in [0.1, 0.15) is 28.5 Å². The zero-order chi connectivity index (χ0) is 49.0. The summed E-state index contributed by atoms with van der Waals surface area (Å²) in [5, 5.41) is 111. The Hall–Kier alpha value is -2.46. The lowest BCUT2D eigenvalue weighted by Crippen LogP contribution is -2.75. The second-order valence-electron chi connectivity index (χ2n) is 23.9. The van der Waals surface area contributed by atoms with Crippen LogP contribution in [0, 0.1) is 80.8 Å². The number of anilines is 1. The maximum Gasteiger partial charge on any atom is 0.233 e. The van der Waals surface area contributed by atoms with Gasteiger partial charge in [-0.25, -0.2) is 0 Å². The summed E-state index contributed by atoms with van der Waals surface area (Å²) in [6.07, 6.45) is 5.65. The summed E-state index contributed by atoms with van der Waals surface area (Å²) in [5.74, 6) is 1.91. The minimum Gasteiger partial charge on any atom is -0.508 e. The number of aryl methyl sites for hydroxylation is 1. The molecule has 15 heteroatoms. The van der Waals surface area contributed by atoms with Gasteiger partial charge in [-0.15, -0.1) is 5.92 Å². The number of carbonyl (C=O) groups excluding carboxylic acids is 2. The fourth-order valence-electron chi connectivity index (χ4n) is 17.4. The molecule has 1 amide bonds. The quantitative estimate of drug-likeness (QED) is 0.0861. The van der Waals surface area contributed by atoms with Crippen molar-refractivity contribution in [2.24, 2.45) is 69.0 Å². The third-order valence-corrected chi connectivity index (χ3v) is 24.1. The molecule has 1 aromatic rings. The summed E-state index contributed by atoms with van der Waals surface area (Å²) in [5.41, 5.74) is -10.8. The third-order valence-electron chi connectivity index (χ3n) is 21.1. The number of phenolic OH excluding ortho intramolecular Hbond substituents is 1. The standard InChI is InChI=1S/C54H71NO12S2/c1-28(2)29(3)42-45(67-42)52(65)15-7-9-31-22-37-38-24-41(60)54-36(44(61)49(64,27-57)26-48(37,54)4)11-6-12-39(59)43(68-69-47(54)63)35-10-5-8-32(25-56)50(35)18-19-55(46(50)62)33-20-30(21-34(58)23-33)13-16-51(31)40(52)14-17-53(38,51)66/h7,9,20-21,23-24,28-29,31-32,35-37,39-40,42-45,47,56-59,61,63-66H,5,8,10,12-19,22,25-27H2,1-4H3. The van der Waals surface area contributed by atoms with Gasteiger partial charge in [0, 0.05) is 47.9 Å². The Kier molecular flexibility index (Phi) is 11.7. The number of rotatable bonds is 5. The van der Waals surface area contributed by atoms with Crippen molar-refractivity contribution < 1.29 is 60.3 Å². The van der Waals surface area contributed by atoms with E-state index in [9.17, 15) is 46.0 Å². The first-order chi connectivity index (χ1) is 32.7. The maximum atomic E-state index is 16.0. The lowest BCUT2D eigenvalue weighted by molar-refractivity contribution is -0.249. The highest BCUT2D eigenvalue weighted by molar-refractivity contribution is 8.77. The molecule has 9 bridgehead atoms. The van der Waals surface area contributed by atoms with Gasteiger partial charge in [-0.3, -0.25) is 9.59 Å². The fourth-order valence-corrected chi connectivity index (χ4v) is 21.0. The molecule has 13 nitrogen and oxygen atoms in total. The van der Waals surface area contributed by atoms with Crippen molar-refractivity contribution in [1.82, 2.24) is 0 Å². The molecule has 20 unspecified atom stereocenters. The lowest BCUT2D eigenvalue weighted by atomic mass is 9.36. The van der Waals surface area contributed by atoms with E-state index < -0.39 is 115 Å². The molecule has 3 spiro atoms. The van der Waals surface area contributed by atoms with Crippen molar-refractivity contribution >= 4 is 39.0 Å². The van der Waals surface area contributed by atoms with E-state index in [4.69, 9.17) is 4.74 Å². The molecule has 376 valence electrons. The van der Waals surface area contributed by atoms with Gasteiger partial charge in [0.05, 0.1) is 47.3 Å². The lowest BCUT2D eigenvalue weighted by Gasteiger charge is -2.69. The van der Waals surface area contributed by atoms with Crippen LogP contribution in [0.15, 0.2) is 42.0 Å². The van der Waals surface area contributed by atoms with Crippen LogP contribution < -0.4 is 4.90 Å². The minimum atomic E-state index is -2.17. The molecule has 13 rings (SSSR count). The molecule has 6 heterocycles. The zero-order valence-electron chi connectivity index (χ0n) is 40.2. The Balaban J connectivity index is 1.16. The zero-order valence-corrected chi connectivity index (χ0v) is 41.8. The largest absolute Gasteiger partial charge is 0.508 e. The van der Waals surface area contributed by atoms with Crippen LogP contribution in [0.25, 0.3) is 0 Å². The van der Waals surface area contributed by atoms with E-state index in [1.54, 1.807) is 17.0 Å². The number of hydrogen-bond donors (Lipinski definition) is 9. The Morgan fingerprint density at radius 3 is 2.51 bits per heavy atom. The number of hydrogen-bond acceptors (Lipinski definition) is 14. The number of epoxide rings is 1. The first kappa shape index (κ1) is 48.8. The Bertz CT molecular complexity index is 2420. The van der Waals surface area contributed by atoms with Crippen LogP contribution in [0.5, 0.6) is 5.75 Å². The number of aromatic hydroxyl groups is 1. The van der Waals surface area contributed by atoms with Gasteiger partial charge in [0.15, 0.2) is 5.78 Å². The van der Waals surface area contributed by atoms with E-state index in [-0.39, 0.29) is 56.0 Å². The fraction of sp³-hybridized carbons (Fsp3) is 0.741. The number of nitrogens with zero attached hydrogens (tertiary/aromatic N) is 1. The van der Waals surface area contributed by atoms with E-state index in [1.807, 2.05) is 19.1 Å². The molecule has 6 aliphatic heterocycles. The number of aliphatic hydroxyl groups is 8. The van der Waals surface area contributed by atoms with Crippen molar-refractivity contribution in [1.29, 1.82) is 0 Å². The average molecular weight is 990 g/mol. The molecule has 0 aromatic heterocycles. The Morgan fingerprint density at radius 1 is 0.986 bits per heavy atom. The SMILES string of the molecule is CC(C)C(C)C1OC1C1(O)CC=CC2CC3C4=CC(=O)C56C(O)SSC(C(O)CC#CC5C(O)C(O)(CO)CC36C)C3CCCC(CO)C35CCN(C5=O)c3cc(O)cc(c3)CCC23C1CCC43O. The van der Waals surface area contributed by atoms with Gasteiger partial charge in [-0.05, 0) is 134 Å². The monoisotopic (exact) mass is 989 g/mol. The highest BCUT2D eigenvalue weighted by Gasteiger charge is 2.80. The van der Waals surface area contributed by atoms with Crippen LogP contribution in [0.2, 0.25) is 0 Å². The molecule has 0 radical (unpaired) electrons. The second-order valence-corrected chi connectivity index (χ2v) is 26.4. The predicted octanol–water partition coefficient (Wildman–Crippen LogP) is 4.43. The minimum absolute atomic E-state index is 0.0314. The number of phenols is 1. The molecule has 4 saturated carbocycles. The van der Waals surface area contributed by atoms with Gasteiger partial charge >= 0.3 is 0 Å². The first-order valence-electron chi connectivity index (χ1n) is 25.7. The second kappa shape index (κ2) is 16.5. The number of carbonyl (C=O) groups is 2. The van der Waals surface area contributed by atoms with E-state index in [1.165, 1.54) is 16.9 Å². The van der Waals surface area contributed by atoms with E-state index in [2.05, 4.69) is 38.7 Å². The van der Waals surface area contributed by atoms with Crippen LogP contribution in [0.3, 0.4) is 0 Å². The number of aliphatic hydroxyl groups excluding tert-OH is 5. The van der Waals surface area contributed by atoms with Crippen LogP contribution in [-0.4, -0.2) is 129 Å². The maximum absolute atomic E-state index is 16.0. The van der Waals surface area contributed by atoms with Crippen molar-refractivity contribution in [2.75, 3.05) is 24.7 Å². The van der Waals surface area contributed by atoms with Crippen molar-refractivity contribution in [3.05, 3.63) is 47.6 Å². The van der Waals surface area contributed by atoms with Gasteiger partial charge in [0.25, 0.3) is 0 Å². The van der Waals surface area contributed by atoms with E-state index in [0.717, 1.165) is 16.4 Å². The molecule has 1 aromatic carbocycles. The summed E-state index contributed by atoms with van der Waals surface area (Å²) in [6.45, 7) is 7.46. The molecule has 20 atom stereocenters. The topological polar surface area (TPSA) is 232 Å². The Labute approximate surface area is 413 Å². The van der Waals surface area contributed by atoms with E-state index in [0.29, 0.717) is 75.1 Å². The van der Waals surface area contributed by atoms with Crippen LogP contribution in [0.1, 0.15) is 104 Å². The van der Waals surface area contributed by atoms with Crippen LogP contribution in [-0.2, 0) is 20.7 Å². The van der Waals surface area contributed by atoms with Crippen LogP contribution >= 0.6 is 21.6 Å². The molecular formula is C54H71NO12S2. The molecule has 9 N–H and O–H groups in total.